The molecule has 2 aromatic carbocycles. The van der Waals surface area contributed by atoms with E-state index in [9.17, 15) is 9.59 Å². The molecule has 1 aliphatic carbocycles. The van der Waals surface area contributed by atoms with Gasteiger partial charge in [-0.05, 0) is 49.2 Å². The summed E-state index contributed by atoms with van der Waals surface area (Å²) in [6.45, 7) is 0. The van der Waals surface area contributed by atoms with Crippen LogP contribution in [0.3, 0.4) is 0 Å². The van der Waals surface area contributed by atoms with Crippen LogP contribution in [-0.2, 0) is 4.79 Å². The van der Waals surface area contributed by atoms with Crippen molar-refractivity contribution in [1.82, 2.24) is 14.8 Å². The molecule has 0 unspecified atom stereocenters. The fraction of sp³-hybridized carbons (Fsp3) is 0.154. The first-order valence-corrected chi connectivity index (χ1v) is 11.0. The standard InChI is InChI=1S/C26H23N5O3/c1-34-21-11-9-20(10-12-21)31-22(17-5-3-2-4-6-17)16-24(30-31)29-26(33)19-13-14-27-23(15-19)28-25(32)18-7-8-18/h2-6,9-16,18H,7-8H2,1H3,(H,27,28,32)(H,29,30,33). The normalized spacial score (nSPS) is 12.7. The summed E-state index contributed by atoms with van der Waals surface area (Å²) in [5.74, 6) is 1.16. The number of rotatable bonds is 7. The first-order chi connectivity index (χ1) is 16.6. The second-order valence-corrected chi connectivity index (χ2v) is 8.04. The summed E-state index contributed by atoms with van der Waals surface area (Å²) in [5, 5.41) is 10.3. The molecule has 0 radical (unpaired) electrons. The molecule has 2 heterocycles. The van der Waals surface area contributed by atoms with Gasteiger partial charge in [-0.2, -0.15) is 0 Å². The van der Waals surface area contributed by atoms with E-state index < -0.39 is 0 Å². The van der Waals surface area contributed by atoms with Gasteiger partial charge in [0.05, 0.1) is 18.5 Å². The molecule has 0 spiro atoms. The van der Waals surface area contributed by atoms with Gasteiger partial charge in [0.2, 0.25) is 5.91 Å². The molecular formula is C26H23N5O3. The van der Waals surface area contributed by atoms with Gasteiger partial charge in [0, 0.05) is 29.3 Å². The highest BCUT2D eigenvalue weighted by Crippen LogP contribution is 2.30. The molecule has 0 aliphatic heterocycles. The van der Waals surface area contributed by atoms with Crippen molar-refractivity contribution in [1.29, 1.82) is 0 Å². The summed E-state index contributed by atoms with van der Waals surface area (Å²) in [6.07, 6.45) is 3.29. The summed E-state index contributed by atoms with van der Waals surface area (Å²) < 4.78 is 7.03. The zero-order valence-electron chi connectivity index (χ0n) is 18.6. The van der Waals surface area contributed by atoms with E-state index in [-0.39, 0.29) is 17.7 Å². The van der Waals surface area contributed by atoms with Gasteiger partial charge >= 0.3 is 0 Å². The maximum atomic E-state index is 13.0. The third-order valence-electron chi connectivity index (χ3n) is 5.56. The van der Waals surface area contributed by atoms with E-state index in [0.717, 1.165) is 35.5 Å². The molecule has 1 aliphatic rings. The van der Waals surface area contributed by atoms with Gasteiger partial charge in [0.15, 0.2) is 5.82 Å². The molecule has 0 atom stereocenters. The number of hydrogen-bond donors (Lipinski definition) is 2. The third kappa shape index (κ3) is 4.66. The highest BCUT2D eigenvalue weighted by Gasteiger charge is 2.29. The molecule has 2 aromatic heterocycles. The summed E-state index contributed by atoms with van der Waals surface area (Å²) in [5.41, 5.74) is 2.99. The number of carbonyl (C=O) groups is 2. The van der Waals surface area contributed by atoms with E-state index in [1.807, 2.05) is 60.7 Å². The number of carbonyl (C=O) groups excluding carboxylic acids is 2. The molecule has 8 heteroatoms. The van der Waals surface area contributed by atoms with Crippen LogP contribution in [0.25, 0.3) is 16.9 Å². The number of amides is 2. The minimum Gasteiger partial charge on any atom is -0.497 e. The lowest BCUT2D eigenvalue weighted by molar-refractivity contribution is -0.117. The van der Waals surface area contributed by atoms with Gasteiger partial charge < -0.3 is 15.4 Å². The number of pyridine rings is 1. The Labute approximate surface area is 196 Å². The largest absolute Gasteiger partial charge is 0.497 e. The molecule has 8 nitrogen and oxygen atoms in total. The summed E-state index contributed by atoms with van der Waals surface area (Å²) in [6, 6.07) is 22.3. The van der Waals surface area contributed by atoms with Crippen LogP contribution in [0.1, 0.15) is 23.2 Å². The fourth-order valence-electron chi connectivity index (χ4n) is 3.58. The minimum absolute atomic E-state index is 0.0533. The van der Waals surface area contributed by atoms with Crippen molar-refractivity contribution in [2.24, 2.45) is 5.92 Å². The van der Waals surface area contributed by atoms with E-state index in [1.165, 1.54) is 6.20 Å². The molecule has 1 fully saturated rings. The van der Waals surface area contributed by atoms with Gasteiger partial charge in [0.1, 0.15) is 11.6 Å². The smallest absolute Gasteiger partial charge is 0.257 e. The monoisotopic (exact) mass is 453 g/mol. The lowest BCUT2D eigenvalue weighted by Crippen LogP contribution is -2.16. The van der Waals surface area contributed by atoms with Crippen molar-refractivity contribution in [2.75, 3.05) is 17.7 Å². The highest BCUT2D eigenvalue weighted by molar-refractivity contribution is 6.05. The Morgan fingerprint density at radius 2 is 1.71 bits per heavy atom. The first kappa shape index (κ1) is 21.4. The van der Waals surface area contributed by atoms with Crippen LogP contribution in [0.2, 0.25) is 0 Å². The zero-order valence-corrected chi connectivity index (χ0v) is 18.6. The number of nitrogens with zero attached hydrogens (tertiary/aromatic N) is 3. The maximum absolute atomic E-state index is 13.0. The van der Waals surface area contributed by atoms with Crippen LogP contribution in [0, 0.1) is 5.92 Å². The van der Waals surface area contributed by atoms with Crippen LogP contribution in [0.5, 0.6) is 5.75 Å². The lowest BCUT2D eigenvalue weighted by atomic mass is 10.1. The quantitative estimate of drug-likeness (QED) is 0.428. The Balaban J connectivity index is 1.42. The van der Waals surface area contributed by atoms with Crippen LogP contribution in [0.15, 0.2) is 79.0 Å². The number of ether oxygens (including phenoxy) is 1. The SMILES string of the molecule is COc1ccc(-n2nc(NC(=O)c3ccnc(NC(=O)C4CC4)c3)cc2-c2ccccc2)cc1. The number of aromatic nitrogens is 3. The molecule has 34 heavy (non-hydrogen) atoms. The van der Waals surface area contributed by atoms with Crippen LogP contribution < -0.4 is 15.4 Å². The Hall–Kier alpha value is -4.46. The van der Waals surface area contributed by atoms with Crippen molar-refractivity contribution < 1.29 is 14.3 Å². The van der Waals surface area contributed by atoms with E-state index in [1.54, 1.807) is 23.9 Å². The second kappa shape index (κ2) is 9.19. The maximum Gasteiger partial charge on any atom is 0.257 e. The van der Waals surface area contributed by atoms with Crippen LogP contribution >= 0.6 is 0 Å². The average molecular weight is 454 g/mol. The third-order valence-corrected chi connectivity index (χ3v) is 5.56. The van der Waals surface area contributed by atoms with E-state index in [2.05, 4.69) is 20.7 Å². The summed E-state index contributed by atoms with van der Waals surface area (Å²) >= 11 is 0. The van der Waals surface area contributed by atoms with E-state index in [0.29, 0.717) is 17.2 Å². The lowest BCUT2D eigenvalue weighted by Gasteiger charge is -2.08. The Kier molecular flexibility index (Phi) is 5.78. The molecule has 2 N–H and O–H groups in total. The predicted molar refractivity (Wildman–Crippen MR) is 129 cm³/mol. The van der Waals surface area contributed by atoms with Gasteiger partial charge in [-0.3, -0.25) is 9.59 Å². The first-order valence-electron chi connectivity index (χ1n) is 11.0. The number of benzene rings is 2. The second-order valence-electron chi connectivity index (χ2n) is 8.04. The topological polar surface area (TPSA) is 98.1 Å². The van der Waals surface area contributed by atoms with Gasteiger partial charge in [-0.15, -0.1) is 5.10 Å². The molecule has 170 valence electrons. The number of methoxy groups -OCH3 is 1. The highest BCUT2D eigenvalue weighted by atomic mass is 16.5. The zero-order chi connectivity index (χ0) is 23.5. The van der Waals surface area contributed by atoms with E-state index in [4.69, 9.17) is 4.74 Å². The number of nitrogens with one attached hydrogen (secondary N) is 2. The molecular weight excluding hydrogens is 430 g/mol. The van der Waals surface area contributed by atoms with Gasteiger partial charge in [-0.25, -0.2) is 9.67 Å². The Morgan fingerprint density at radius 1 is 0.941 bits per heavy atom. The van der Waals surface area contributed by atoms with Crippen molar-refractivity contribution in [3.63, 3.8) is 0 Å². The van der Waals surface area contributed by atoms with E-state index >= 15 is 0 Å². The van der Waals surface area contributed by atoms with Crippen molar-refractivity contribution in [3.8, 4) is 22.7 Å². The average Bonchev–Trinajstić information content (AvgIpc) is 3.65. The molecule has 0 saturated heterocycles. The molecule has 1 saturated carbocycles. The molecule has 0 bridgehead atoms. The fourth-order valence-corrected chi connectivity index (χ4v) is 3.58. The predicted octanol–water partition coefficient (Wildman–Crippen LogP) is 4.54. The Bertz CT molecular complexity index is 1330. The minimum atomic E-state index is -0.344. The van der Waals surface area contributed by atoms with Crippen LogP contribution in [0.4, 0.5) is 11.6 Å². The van der Waals surface area contributed by atoms with Gasteiger partial charge in [-0.1, -0.05) is 30.3 Å². The molecule has 5 rings (SSSR count). The van der Waals surface area contributed by atoms with Gasteiger partial charge in [0.25, 0.3) is 5.91 Å². The molecule has 2 amide bonds. The van der Waals surface area contributed by atoms with Crippen LogP contribution in [-0.4, -0.2) is 33.7 Å². The number of hydrogen-bond acceptors (Lipinski definition) is 5. The van der Waals surface area contributed by atoms with Crippen molar-refractivity contribution >= 4 is 23.5 Å². The summed E-state index contributed by atoms with van der Waals surface area (Å²) in [7, 11) is 1.62. The van der Waals surface area contributed by atoms with Crippen molar-refractivity contribution in [3.05, 3.63) is 84.6 Å². The molecule has 4 aromatic rings. The van der Waals surface area contributed by atoms with Crippen molar-refractivity contribution in [2.45, 2.75) is 12.8 Å². The Morgan fingerprint density at radius 3 is 2.41 bits per heavy atom. The summed E-state index contributed by atoms with van der Waals surface area (Å²) in [4.78, 5) is 29.1. The number of anilines is 2.